The van der Waals surface area contributed by atoms with Gasteiger partial charge in [-0.25, -0.2) is 14.6 Å². The van der Waals surface area contributed by atoms with Crippen molar-refractivity contribution in [2.45, 2.75) is 33.1 Å². The van der Waals surface area contributed by atoms with E-state index >= 15 is 0 Å². The van der Waals surface area contributed by atoms with E-state index in [9.17, 15) is 19.2 Å². The number of hydrogen-bond acceptors (Lipinski definition) is 10. The molecule has 0 radical (unpaired) electrons. The third-order valence-electron chi connectivity index (χ3n) is 8.77. The van der Waals surface area contributed by atoms with Gasteiger partial charge in [0.05, 0.1) is 34.9 Å². The minimum atomic E-state index is -0.409. The summed E-state index contributed by atoms with van der Waals surface area (Å²) in [6.07, 6.45) is 6.32. The molecule has 12 nitrogen and oxygen atoms in total. The molecule has 0 spiro atoms. The van der Waals surface area contributed by atoms with Gasteiger partial charge in [-0.3, -0.25) is 24.1 Å². The average Bonchev–Trinajstić information content (AvgIpc) is 3.55. The van der Waals surface area contributed by atoms with Crippen LogP contribution in [0.1, 0.15) is 60.2 Å². The molecule has 1 fully saturated rings. The predicted octanol–water partition coefficient (Wildman–Crippen LogP) is 3.66. The van der Waals surface area contributed by atoms with Crippen LogP contribution in [0.5, 0.6) is 0 Å². The smallest absolute Gasteiger partial charge is 0.290 e. The third-order valence-corrected chi connectivity index (χ3v) is 10.0. The number of hydrogen-bond donors (Lipinski definition) is 1. The first-order chi connectivity index (χ1) is 22.1. The maximum atomic E-state index is 13.8. The van der Waals surface area contributed by atoms with Gasteiger partial charge in [-0.1, -0.05) is 13.8 Å². The highest BCUT2D eigenvalue weighted by Gasteiger charge is 2.39. The topological polar surface area (TPSA) is 140 Å². The number of fused-ring (bicyclic) bond motifs is 3. The zero-order chi connectivity index (χ0) is 32.2. The van der Waals surface area contributed by atoms with E-state index in [1.54, 1.807) is 51.6 Å². The Hall–Kier alpha value is -4.75. The maximum absolute atomic E-state index is 13.8. The Balaban J connectivity index is 1.17. The summed E-state index contributed by atoms with van der Waals surface area (Å²) in [6, 6.07) is 6.48. The molecule has 1 aliphatic carbocycles. The Morgan fingerprint density at radius 1 is 1.07 bits per heavy atom. The van der Waals surface area contributed by atoms with Gasteiger partial charge in [-0.05, 0) is 60.1 Å². The number of amides is 2. The SMILES string of the molecule is Cn1nc(-c2ccnc(N3CCc4c(sc5c4CC(C)(C)C5)C3=O)c2C=O)cc(Nc2ccc(C(=O)N3CCOCC3)cn2)c1=O. The van der Waals surface area contributed by atoms with Gasteiger partial charge in [0.15, 0.2) is 6.29 Å². The Morgan fingerprint density at radius 3 is 2.61 bits per heavy atom. The lowest BCUT2D eigenvalue weighted by Gasteiger charge is -2.28. The van der Waals surface area contributed by atoms with Gasteiger partial charge < -0.3 is 15.0 Å². The molecule has 0 atom stereocenters. The van der Waals surface area contributed by atoms with Crippen LogP contribution in [0.3, 0.4) is 0 Å². The monoisotopic (exact) mass is 639 g/mol. The molecular weight excluding hydrogens is 606 g/mol. The van der Waals surface area contributed by atoms with Crippen molar-refractivity contribution in [3.63, 3.8) is 0 Å². The molecule has 0 saturated carbocycles. The van der Waals surface area contributed by atoms with Gasteiger partial charge >= 0.3 is 0 Å². The van der Waals surface area contributed by atoms with Crippen LogP contribution in [-0.4, -0.2) is 75.6 Å². The summed E-state index contributed by atoms with van der Waals surface area (Å²) >= 11 is 1.57. The van der Waals surface area contributed by atoms with Crippen LogP contribution in [-0.2, 0) is 31.0 Å². The third kappa shape index (κ3) is 5.28. The zero-order valence-corrected chi connectivity index (χ0v) is 26.6. The minimum Gasteiger partial charge on any atom is -0.378 e. The standard InChI is InChI=1S/C33H33N7O5S/c1-33(2)15-22-21-7-9-40(32(44)28(21)46-26(22)16-33)29-23(18-41)20(6-8-34-29)24-14-25(31(43)38(3)37-24)36-27-5-4-19(17-35-27)30(42)39-10-12-45-13-11-39/h4-6,8,14,17-18H,7,9-13,15-16H2,1-3H3,(H,35,36). The first kappa shape index (κ1) is 29.9. The van der Waals surface area contributed by atoms with Crippen molar-refractivity contribution < 1.29 is 19.1 Å². The number of rotatable bonds is 6. The largest absolute Gasteiger partial charge is 0.378 e. The lowest BCUT2D eigenvalue weighted by molar-refractivity contribution is 0.0302. The van der Waals surface area contributed by atoms with Gasteiger partial charge in [0, 0.05) is 49.5 Å². The molecule has 4 aromatic rings. The Kier molecular flexibility index (Phi) is 7.52. The van der Waals surface area contributed by atoms with Crippen molar-refractivity contribution in [2.75, 3.05) is 43.1 Å². The van der Waals surface area contributed by atoms with Crippen molar-refractivity contribution >= 4 is 46.8 Å². The molecule has 1 N–H and O–H groups in total. The molecule has 6 heterocycles. The van der Waals surface area contributed by atoms with Crippen molar-refractivity contribution in [2.24, 2.45) is 12.5 Å². The molecule has 0 unspecified atom stereocenters. The van der Waals surface area contributed by atoms with Gasteiger partial charge in [-0.2, -0.15) is 5.10 Å². The van der Waals surface area contributed by atoms with E-state index in [4.69, 9.17) is 4.74 Å². The second kappa shape index (κ2) is 11.6. The Bertz CT molecular complexity index is 1940. The first-order valence-corrected chi connectivity index (χ1v) is 16.0. The molecule has 3 aliphatic rings. The first-order valence-electron chi connectivity index (χ1n) is 15.2. The average molecular weight is 640 g/mol. The van der Waals surface area contributed by atoms with Crippen molar-refractivity contribution in [1.82, 2.24) is 24.6 Å². The molecular formula is C33H33N7O5S. The summed E-state index contributed by atoms with van der Waals surface area (Å²) < 4.78 is 6.50. The van der Waals surface area contributed by atoms with E-state index in [0.29, 0.717) is 68.2 Å². The van der Waals surface area contributed by atoms with E-state index < -0.39 is 5.56 Å². The molecule has 1 saturated heterocycles. The summed E-state index contributed by atoms with van der Waals surface area (Å²) in [5.74, 6) is 0.350. The van der Waals surface area contributed by atoms with Gasteiger partial charge in [0.25, 0.3) is 17.4 Å². The number of carbonyl (C=O) groups is 3. The van der Waals surface area contributed by atoms with Crippen molar-refractivity contribution in [3.05, 3.63) is 79.0 Å². The summed E-state index contributed by atoms with van der Waals surface area (Å²) in [6.45, 7) is 6.97. The van der Waals surface area contributed by atoms with Crippen LogP contribution in [0.4, 0.5) is 17.3 Å². The quantitative estimate of drug-likeness (QED) is 0.313. The fourth-order valence-corrected chi connectivity index (χ4v) is 8.06. The van der Waals surface area contributed by atoms with Gasteiger partial charge in [0.1, 0.15) is 17.3 Å². The number of nitrogens with zero attached hydrogens (tertiary/aromatic N) is 6. The lowest BCUT2D eigenvalue weighted by atomic mass is 9.89. The number of aryl methyl sites for hydroxylation is 1. The number of aldehydes is 1. The minimum absolute atomic E-state index is 0.130. The molecule has 0 bridgehead atoms. The predicted molar refractivity (Wildman–Crippen MR) is 173 cm³/mol. The molecule has 236 valence electrons. The number of pyridine rings is 2. The van der Waals surface area contributed by atoms with Gasteiger partial charge in [-0.15, -0.1) is 11.3 Å². The summed E-state index contributed by atoms with van der Waals surface area (Å²) in [5, 5.41) is 7.46. The second-order valence-electron chi connectivity index (χ2n) is 12.6. The summed E-state index contributed by atoms with van der Waals surface area (Å²) in [7, 11) is 1.52. The molecule has 4 aromatic heterocycles. The van der Waals surface area contributed by atoms with Crippen LogP contribution < -0.4 is 15.8 Å². The number of aromatic nitrogens is 4. The molecule has 13 heteroatoms. The number of anilines is 3. The normalized spacial score (nSPS) is 17.1. The number of ether oxygens (including phenoxy) is 1. The fourth-order valence-electron chi connectivity index (χ4n) is 6.49. The number of carbonyl (C=O) groups excluding carboxylic acids is 3. The number of nitrogens with one attached hydrogen (secondary N) is 1. The zero-order valence-electron chi connectivity index (χ0n) is 25.8. The van der Waals surface area contributed by atoms with Crippen LogP contribution >= 0.6 is 11.3 Å². The molecule has 2 aliphatic heterocycles. The van der Waals surface area contributed by atoms with E-state index in [-0.39, 0.29) is 34.3 Å². The highest BCUT2D eigenvalue weighted by Crippen LogP contribution is 2.45. The van der Waals surface area contributed by atoms with Gasteiger partial charge in [0.2, 0.25) is 0 Å². The molecule has 0 aromatic carbocycles. The Morgan fingerprint density at radius 2 is 1.87 bits per heavy atom. The second-order valence-corrected chi connectivity index (χ2v) is 13.7. The van der Waals surface area contributed by atoms with Crippen LogP contribution in [0.25, 0.3) is 11.3 Å². The van der Waals surface area contributed by atoms with E-state index in [0.717, 1.165) is 23.3 Å². The molecule has 7 rings (SSSR count). The van der Waals surface area contributed by atoms with Crippen molar-refractivity contribution in [1.29, 1.82) is 0 Å². The number of morpholine rings is 1. The fraction of sp³-hybridized carbons (Fsp3) is 0.364. The van der Waals surface area contributed by atoms with E-state index in [1.165, 1.54) is 28.4 Å². The number of thiophene rings is 1. The highest BCUT2D eigenvalue weighted by atomic mass is 32.1. The van der Waals surface area contributed by atoms with Crippen molar-refractivity contribution in [3.8, 4) is 11.3 Å². The highest BCUT2D eigenvalue weighted by molar-refractivity contribution is 7.14. The summed E-state index contributed by atoms with van der Waals surface area (Å²) in [4.78, 5) is 66.4. The molecule has 46 heavy (non-hydrogen) atoms. The summed E-state index contributed by atoms with van der Waals surface area (Å²) in [5.41, 5.74) is 3.86. The Labute approximate surface area is 269 Å². The van der Waals surface area contributed by atoms with Crippen LogP contribution in [0, 0.1) is 5.41 Å². The van der Waals surface area contributed by atoms with E-state index in [2.05, 4.69) is 34.2 Å². The van der Waals surface area contributed by atoms with E-state index in [1.807, 2.05) is 0 Å². The lowest BCUT2D eigenvalue weighted by Crippen LogP contribution is -2.40. The molecule has 2 amide bonds. The van der Waals surface area contributed by atoms with Crippen LogP contribution in [0.2, 0.25) is 0 Å². The van der Waals surface area contributed by atoms with Crippen LogP contribution in [0.15, 0.2) is 41.5 Å². The maximum Gasteiger partial charge on any atom is 0.290 e.